The number of phenols is 2. The lowest BCUT2D eigenvalue weighted by atomic mass is 9.72. The van der Waals surface area contributed by atoms with E-state index in [1.807, 2.05) is 6.92 Å². The summed E-state index contributed by atoms with van der Waals surface area (Å²) in [6, 6.07) is 6.20. The van der Waals surface area contributed by atoms with E-state index < -0.39 is 46.8 Å². The molecule has 0 spiro atoms. The smallest absolute Gasteiger partial charge is 0.198 e. The van der Waals surface area contributed by atoms with Gasteiger partial charge in [0.15, 0.2) is 23.6 Å². The fourth-order valence-corrected chi connectivity index (χ4v) is 5.32. The van der Waals surface area contributed by atoms with Crippen LogP contribution in [0.4, 0.5) is 0 Å². The van der Waals surface area contributed by atoms with E-state index in [1.165, 1.54) is 19.1 Å². The summed E-state index contributed by atoms with van der Waals surface area (Å²) in [6.45, 7) is 3.15. The Kier molecular flexibility index (Phi) is 5.35. The van der Waals surface area contributed by atoms with Gasteiger partial charge >= 0.3 is 0 Å². The predicted molar refractivity (Wildman–Crippen MR) is 119 cm³/mol. The number of carbonyl (C=O) groups is 3. The molecule has 2 aromatic rings. The SMILES string of the molecule is CC(=O)[C@]1(O)Cc2c(O)c3c(c(O)c2[C@@H](O[C@H]2CCC[C@H](C)O2)C1)C(=O)c1ccccc1C3=O. The Hall–Kier alpha value is -3.07. The summed E-state index contributed by atoms with van der Waals surface area (Å²) in [4.78, 5) is 38.9. The molecule has 3 N–H and O–H groups in total. The number of aliphatic hydroxyl groups is 1. The largest absolute Gasteiger partial charge is 0.507 e. The summed E-state index contributed by atoms with van der Waals surface area (Å²) in [6.07, 6.45) is 0.0628. The molecule has 2 aliphatic carbocycles. The molecular formula is C26H26O8. The highest BCUT2D eigenvalue weighted by Crippen LogP contribution is 2.51. The third kappa shape index (κ3) is 3.36. The van der Waals surface area contributed by atoms with Gasteiger partial charge in [0.25, 0.3) is 0 Å². The highest BCUT2D eigenvalue weighted by Gasteiger charge is 2.48. The molecule has 0 unspecified atom stereocenters. The van der Waals surface area contributed by atoms with Crippen LogP contribution in [0.3, 0.4) is 0 Å². The minimum absolute atomic E-state index is 0.0228. The molecule has 1 heterocycles. The van der Waals surface area contributed by atoms with Crippen molar-refractivity contribution in [2.45, 2.75) is 70.1 Å². The van der Waals surface area contributed by atoms with Gasteiger partial charge in [0.05, 0.1) is 23.3 Å². The number of benzene rings is 2. The average molecular weight is 466 g/mol. The van der Waals surface area contributed by atoms with Gasteiger partial charge in [-0.05, 0) is 33.1 Å². The molecule has 8 heteroatoms. The van der Waals surface area contributed by atoms with E-state index in [2.05, 4.69) is 0 Å². The molecule has 0 bridgehead atoms. The summed E-state index contributed by atoms with van der Waals surface area (Å²) in [5, 5.41) is 33.6. The zero-order valence-corrected chi connectivity index (χ0v) is 19.0. The molecule has 1 saturated heterocycles. The van der Waals surface area contributed by atoms with Crippen molar-refractivity contribution in [1.29, 1.82) is 0 Å². The van der Waals surface area contributed by atoms with E-state index >= 15 is 0 Å². The van der Waals surface area contributed by atoms with Crippen molar-refractivity contribution in [1.82, 2.24) is 0 Å². The Morgan fingerprint density at radius 3 is 2.26 bits per heavy atom. The van der Waals surface area contributed by atoms with E-state index in [0.29, 0.717) is 6.42 Å². The van der Waals surface area contributed by atoms with Crippen LogP contribution in [0, 0.1) is 0 Å². The van der Waals surface area contributed by atoms with E-state index in [1.54, 1.807) is 12.1 Å². The second kappa shape index (κ2) is 8.01. The second-order valence-corrected chi connectivity index (χ2v) is 9.44. The van der Waals surface area contributed by atoms with Gasteiger partial charge < -0.3 is 24.8 Å². The maximum atomic E-state index is 13.3. The number of hydrogen-bond acceptors (Lipinski definition) is 8. The Labute approximate surface area is 196 Å². The van der Waals surface area contributed by atoms with Crippen LogP contribution in [0.5, 0.6) is 11.5 Å². The average Bonchev–Trinajstić information content (AvgIpc) is 2.79. The van der Waals surface area contributed by atoms with Gasteiger partial charge in [0.2, 0.25) is 0 Å². The quantitative estimate of drug-likeness (QED) is 0.502. The summed E-state index contributed by atoms with van der Waals surface area (Å²) in [5.74, 6) is -2.74. The number of phenolic OH excluding ortho intramolecular Hbond substituents is 2. The lowest BCUT2D eigenvalue weighted by molar-refractivity contribution is -0.222. The van der Waals surface area contributed by atoms with Gasteiger partial charge in [-0.1, -0.05) is 24.3 Å². The molecule has 0 radical (unpaired) electrons. The molecule has 3 aliphatic rings. The van der Waals surface area contributed by atoms with Gasteiger partial charge in [-0.2, -0.15) is 0 Å². The maximum Gasteiger partial charge on any atom is 0.198 e. The summed E-state index contributed by atoms with van der Waals surface area (Å²) < 4.78 is 12.0. The molecular weight excluding hydrogens is 440 g/mol. The van der Waals surface area contributed by atoms with Crippen molar-refractivity contribution in [2.75, 3.05) is 0 Å². The normalized spacial score (nSPS) is 28.1. The number of aromatic hydroxyl groups is 2. The van der Waals surface area contributed by atoms with Crippen LogP contribution < -0.4 is 0 Å². The monoisotopic (exact) mass is 466 g/mol. The minimum Gasteiger partial charge on any atom is -0.507 e. The van der Waals surface area contributed by atoms with Crippen LogP contribution in [0.2, 0.25) is 0 Å². The standard InChI is InChI=1S/C26H26O8/c1-12-6-5-9-18(33-12)34-17-11-26(32,13(2)27)10-16-19(17)25(31)21-20(24(16)30)22(28)14-7-3-4-8-15(14)23(21)29/h3-4,7-8,12,17-18,30-32H,5-6,9-11H2,1-2H3/t12-,17-,18-,26-/m0/s1. The number of ether oxygens (including phenoxy) is 2. The summed E-state index contributed by atoms with van der Waals surface area (Å²) >= 11 is 0. The van der Waals surface area contributed by atoms with Crippen LogP contribution in [0.25, 0.3) is 0 Å². The number of fused-ring (bicyclic) bond motifs is 3. The molecule has 4 atom stereocenters. The molecule has 1 aliphatic heterocycles. The lowest BCUT2D eigenvalue weighted by Crippen LogP contribution is -2.45. The van der Waals surface area contributed by atoms with Crippen molar-refractivity contribution < 1.29 is 39.2 Å². The lowest BCUT2D eigenvalue weighted by Gasteiger charge is -2.40. The fraction of sp³-hybridized carbons (Fsp3) is 0.423. The van der Waals surface area contributed by atoms with Crippen molar-refractivity contribution in [2.24, 2.45) is 0 Å². The first-order valence-corrected chi connectivity index (χ1v) is 11.5. The van der Waals surface area contributed by atoms with Crippen LogP contribution in [0.15, 0.2) is 24.3 Å². The maximum absolute atomic E-state index is 13.3. The van der Waals surface area contributed by atoms with Crippen LogP contribution in [-0.4, -0.2) is 50.7 Å². The van der Waals surface area contributed by atoms with Gasteiger partial charge in [-0.15, -0.1) is 0 Å². The van der Waals surface area contributed by atoms with E-state index in [4.69, 9.17) is 9.47 Å². The third-order valence-corrected chi connectivity index (χ3v) is 7.18. The van der Waals surface area contributed by atoms with Gasteiger partial charge in [0, 0.05) is 35.1 Å². The Morgan fingerprint density at radius 2 is 1.68 bits per heavy atom. The predicted octanol–water partition coefficient (Wildman–Crippen LogP) is 3.11. The number of Topliss-reactive ketones (excluding diaryl/α,β-unsaturated/α-hetero) is 1. The van der Waals surface area contributed by atoms with E-state index in [0.717, 1.165) is 12.8 Å². The van der Waals surface area contributed by atoms with Crippen LogP contribution >= 0.6 is 0 Å². The number of rotatable bonds is 3. The third-order valence-electron chi connectivity index (χ3n) is 7.18. The highest BCUT2D eigenvalue weighted by molar-refractivity contribution is 6.30. The molecule has 0 amide bonds. The molecule has 0 saturated carbocycles. The van der Waals surface area contributed by atoms with Gasteiger partial charge in [-0.25, -0.2) is 0 Å². The Balaban J connectivity index is 1.69. The molecule has 1 fully saturated rings. The number of carbonyl (C=O) groups excluding carboxylic acids is 3. The van der Waals surface area contributed by atoms with Crippen molar-refractivity contribution in [3.05, 3.63) is 57.6 Å². The molecule has 178 valence electrons. The van der Waals surface area contributed by atoms with Crippen LogP contribution in [0.1, 0.15) is 88.6 Å². The summed E-state index contributed by atoms with van der Waals surface area (Å²) in [7, 11) is 0. The van der Waals surface area contributed by atoms with Gasteiger partial charge in [-0.3, -0.25) is 14.4 Å². The van der Waals surface area contributed by atoms with Crippen LogP contribution in [-0.2, 0) is 20.7 Å². The van der Waals surface area contributed by atoms with Crippen molar-refractivity contribution in [3.8, 4) is 11.5 Å². The molecule has 2 aromatic carbocycles. The van der Waals surface area contributed by atoms with E-state index in [-0.39, 0.29) is 52.3 Å². The fourth-order valence-electron chi connectivity index (χ4n) is 5.32. The zero-order chi connectivity index (χ0) is 24.4. The Bertz CT molecular complexity index is 1230. The second-order valence-electron chi connectivity index (χ2n) is 9.44. The molecule has 0 aromatic heterocycles. The van der Waals surface area contributed by atoms with Crippen molar-refractivity contribution >= 4 is 17.3 Å². The molecule has 5 rings (SSSR count). The highest BCUT2D eigenvalue weighted by atomic mass is 16.7. The van der Waals surface area contributed by atoms with Crippen molar-refractivity contribution in [3.63, 3.8) is 0 Å². The Morgan fingerprint density at radius 1 is 1.06 bits per heavy atom. The first-order valence-electron chi connectivity index (χ1n) is 11.5. The number of ketones is 3. The van der Waals surface area contributed by atoms with Gasteiger partial charge in [0.1, 0.15) is 17.1 Å². The first-order chi connectivity index (χ1) is 16.1. The van der Waals surface area contributed by atoms with E-state index in [9.17, 15) is 29.7 Å². The minimum atomic E-state index is -1.88. The molecule has 34 heavy (non-hydrogen) atoms. The topological polar surface area (TPSA) is 130 Å². The summed E-state index contributed by atoms with van der Waals surface area (Å²) in [5.41, 5.74) is -2.12. The first kappa shape index (κ1) is 22.7. The number of hydrogen-bond donors (Lipinski definition) is 3. The molecule has 8 nitrogen and oxygen atoms in total. The zero-order valence-electron chi connectivity index (χ0n) is 19.0.